The van der Waals surface area contributed by atoms with Gasteiger partial charge in [0, 0.05) is 14.1 Å². The predicted molar refractivity (Wildman–Crippen MR) is 93.6 cm³/mol. The number of hydrogen-bond donors (Lipinski definition) is 2. The Morgan fingerprint density at radius 3 is 2.50 bits per heavy atom. The van der Waals surface area contributed by atoms with E-state index < -0.39 is 11.2 Å². The summed E-state index contributed by atoms with van der Waals surface area (Å²) in [6.07, 6.45) is 0. The maximum Gasteiger partial charge on any atom is 0.332 e. The summed E-state index contributed by atoms with van der Waals surface area (Å²) in [4.78, 5) is 28.8. The van der Waals surface area contributed by atoms with Crippen LogP contribution in [-0.2, 0) is 20.6 Å². The molecule has 8 nitrogen and oxygen atoms in total. The number of rotatable bonds is 3. The first-order valence-corrected chi connectivity index (χ1v) is 7.67. The van der Waals surface area contributed by atoms with Gasteiger partial charge in [-0.05, 0) is 17.7 Å². The first-order chi connectivity index (χ1) is 11.3. The third kappa shape index (κ3) is 2.48. The lowest BCUT2D eigenvalue weighted by molar-refractivity contribution is 0.702. The second kappa shape index (κ2) is 5.97. The van der Waals surface area contributed by atoms with Crippen LogP contribution >= 0.6 is 23.2 Å². The Kier molecular flexibility index (Phi) is 4.12. The highest BCUT2D eigenvalue weighted by molar-refractivity contribution is 6.42. The molecule has 0 fully saturated rings. The molecule has 2 heterocycles. The summed E-state index contributed by atoms with van der Waals surface area (Å²) in [5.74, 6) is 5.78. The summed E-state index contributed by atoms with van der Waals surface area (Å²) >= 11 is 12.0. The molecule has 1 aromatic carbocycles. The van der Waals surface area contributed by atoms with E-state index in [1.165, 1.54) is 11.6 Å². The van der Waals surface area contributed by atoms with Crippen LogP contribution < -0.4 is 22.5 Å². The predicted octanol–water partition coefficient (Wildman–Crippen LogP) is 1.07. The second-order valence-corrected chi connectivity index (χ2v) is 6.11. The molecule has 0 radical (unpaired) electrons. The van der Waals surface area contributed by atoms with Gasteiger partial charge in [-0.2, -0.15) is 4.98 Å². The molecule has 3 rings (SSSR count). The molecular formula is C14H14Cl2N6O2. The van der Waals surface area contributed by atoms with Gasteiger partial charge in [-0.15, -0.1) is 0 Å². The van der Waals surface area contributed by atoms with Gasteiger partial charge in [-0.3, -0.25) is 23.9 Å². The lowest BCUT2D eigenvalue weighted by Crippen LogP contribution is -2.37. The number of benzene rings is 1. The molecule has 0 spiro atoms. The number of anilines is 1. The number of nitrogens with two attached hydrogens (primary N) is 1. The monoisotopic (exact) mass is 368 g/mol. The average molecular weight is 369 g/mol. The highest BCUT2D eigenvalue weighted by atomic mass is 35.5. The summed E-state index contributed by atoms with van der Waals surface area (Å²) in [6.45, 7) is 0.278. The minimum Gasteiger partial charge on any atom is -0.299 e. The Hall–Kier alpha value is -2.29. The Bertz CT molecular complexity index is 1070. The van der Waals surface area contributed by atoms with Crippen LogP contribution in [0, 0.1) is 0 Å². The van der Waals surface area contributed by atoms with E-state index in [0.717, 1.165) is 10.1 Å². The second-order valence-electron chi connectivity index (χ2n) is 5.29. The van der Waals surface area contributed by atoms with Crippen LogP contribution in [-0.4, -0.2) is 18.7 Å². The number of fused-ring (bicyclic) bond motifs is 1. The molecule has 0 unspecified atom stereocenters. The van der Waals surface area contributed by atoms with Crippen molar-refractivity contribution in [3.05, 3.63) is 54.6 Å². The normalized spacial score (nSPS) is 11.2. The minimum atomic E-state index is -0.463. The van der Waals surface area contributed by atoms with E-state index in [-0.39, 0.29) is 23.7 Å². The van der Waals surface area contributed by atoms with Gasteiger partial charge in [-0.1, -0.05) is 29.3 Å². The Morgan fingerprint density at radius 2 is 1.88 bits per heavy atom. The van der Waals surface area contributed by atoms with E-state index in [1.54, 1.807) is 29.8 Å². The third-order valence-corrected chi connectivity index (χ3v) is 4.54. The molecule has 0 aliphatic carbocycles. The number of imidazole rings is 1. The average Bonchev–Trinajstić information content (AvgIpc) is 2.93. The van der Waals surface area contributed by atoms with Crippen LogP contribution in [0.25, 0.3) is 11.2 Å². The number of aryl methyl sites for hydroxylation is 1. The summed E-state index contributed by atoms with van der Waals surface area (Å²) in [7, 11) is 2.96. The quantitative estimate of drug-likeness (QED) is 0.532. The zero-order valence-corrected chi connectivity index (χ0v) is 14.4. The molecule has 0 bridgehead atoms. The number of hydrazine groups is 1. The SMILES string of the molecule is Cn1c(=O)c2c(nc(NN)n2Cc2ccc(Cl)c(Cl)c2)n(C)c1=O. The molecule has 3 aromatic rings. The standard InChI is InChI=1S/C14H14Cl2N6O2/c1-20-11-10(12(23)21(2)14(20)24)22(13(18-11)19-17)6-7-3-4-8(15)9(16)5-7/h3-5H,6,17H2,1-2H3,(H,18,19). The number of nitrogen functional groups attached to an aromatic ring is 1. The van der Waals surface area contributed by atoms with Gasteiger partial charge in [-0.25, -0.2) is 10.6 Å². The fourth-order valence-electron chi connectivity index (χ4n) is 2.53. The topological polar surface area (TPSA) is 99.9 Å². The van der Waals surface area contributed by atoms with Crippen LogP contribution in [0.1, 0.15) is 5.56 Å². The van der Waals surface area contributed by atoms with Crippen molar-refractivity contribution < 1.29 is 0 Å². The maximum atomic E-state index is 12.5. The van der Waals surface area contributed by atoms with Gasteiger partial charge in [0.05, 0.1) is 16.6 Å². The molecule has 0 amide bonds. The van der Waals surface area contributed by atoms with Gasteiger partial charge < -0.3 is 0 Å². The van der Waals surface area contributed by atoms with Crippen molar-refractivity contribution in [3.8, 4) is 0 Å². The van der Waals surface area contributed by atoms with Crippen LogP contribution in [0.3, 0.4) is 0 Å². The first kappa shape index (κ1) is 16.6. The smallest absolute Gasteiger partial charge is 0.299 e. The van der Waals surface area contributed by atoms with Gasteiger partial charge in [0.2, 0.25) is 5.95 Å². The number of nitrogens with zero attached hydrogens (tertiary/aromatic N) is 4. The van der Waals surface area contributed by atoms with E-state index in [1.807, 2.05) is 0 Å². The van der Waals surface area contributed by atoms with Crippen LogP contribution in [0.2, 0.25) is 10.0 Å². The molecule has 0 saturated heterocycles. The molecule has 3 N–H and O–H groups in total. The van der Waals surface area contributed by atoms with Crippen molar-refractivity contribution in [1.82, 2.24) is 18.7 Å². The first-order valence-electron chi connectivity index (χ1n) is 6.92. The number of halogens is 2. The fraction of sp³-hybridized carbons (Fsp3) is 0.214. The van der Waals surface area contributed by atoms with E-state index in [9.17, 15) is 9.59 Å². The largest absolute Gasteiger partial charge is 0.332 e. The van der Waals surface area contributed by atoms with Crippen LogP contribution in [0.4, 0.5) is 5.95 Å². The van der Waals surface area contributed by atoms with Crippen molar-refractivity contribution in [1.29, 1.82) is 0 Å². The lowest BCUT2D eigenvalue weighted by atomic mass is 10.2. The highest BCUT2D eigenvalue weighted by Gasteiger charge is 2.19. The van der Waals surface area contributed by atoms with E-state index >= 15 is 0 Å². The van der Waals surface area contributed by atoms with Gasteiger partial charge in [0.15, 0.2) is 11.2 Å². The van der Waals surface area contributed by atoms with Crippen molar-refractivity contribution in [2.45, 2.75) is 6.54 Å². The van der Waals surface area contributed by atoms with Gasteiger partial charge in [0.1, 0.15) is 0 Å². The highest BCUT2D eigenvalue weighted by Crippen LogP contribution is 2.24. The van der Waals surface area contributed by atoms with Crippen molar-refractivity contribution in [2.24, 2.45) is 19.9 Å². The lowest BCUT2D eigenvalue weighted by Gasteiger charge is -2.10. The molecule has 0 atom stereocenters. The Labute approximate surface area is 146 Å². The number of nitrogens with one attached hydrogen (secondary N) is 1. The molecular weight excluding hydrogens is 355 g/mol. The number of aromatic nitrogens is 4. The summed E-state index contributed by atoms with van der Waals surface area (Å²) in [5.41, 5.74) is 2.85. The third-order valence-electron chi connectivity index (χ3n) is 3.80. The molecule has 0 aliphatic rings. The molecule has 2 aromatic heterocycles. The van der Waals surface area contributed by atoms with E-state index in [0.29, 0.717) is 10.0 Å². The number of hydrogen-bond acceptors (Lipinski definition) is 5. The summed E-state index contributed by atoms with van der Waals surface area (Å²) in [5, 5.41) is 0.840. The van der Waals surface area contributed by atoms with E-state index in [2.05, 4.69) is 10.4 Å². The van der Waals surface area contributed by atoms with Crippen LogP contribution in [0.15, 0.2) is 27.8 Å². The van der Waals surface area contributed by atoms with Crippen LogP contribution in [0.5, 0.6) is 0 Å². The Balaban J connectivity index is 2.28. The molecule has 0 saturated carbocycles. The van der Waals surface area contributed by atoms with Crippen molar-refractivity contribution >= 4 is 40.3 Å². The fourth-order valence-corrected chi connectivity index (χ4v) is 2.85. The zero-order chi connectivity index (χ0) is 17.6. The minimum absolute atomic E-state index is 0.246. The molecule has 0 aliphatic heterocycles. The molecule has 10 heteroatoms. The van der Waals surface area contributed by atoms with Crippen molar-refractivity contribution in [3.63, 3.8) is 0 Å². The summed E-state index contributed by atoms with van der Waals surface area (Å²) in [6, 6.07) is 5.15. The maximum absolute atomic E-state index is 12.5. The summed E-state index contributed by atoms with van der Waals surface area (Å²) < 4.78 is 3.91. The van der Waals surface area contributed by atoms with Gasteiger partial charge in [0.25, 0.3) is 5.56 Å². The van der Waals surface area contributed by atoms with E-state index in [4.69, 9.17) is 29.0 Å². The molecule has 126 valence electrons. The molecule has 24 heavy (non-hydrogen) atoms. The Morgan fingerprint density at radius 1 is 1.17 bits per heavy atom. The van der Waals surface area contributed by atoms with Crippen molar-refractivity contribution in [2.75, 3.05) is 5.43 Å². The van der Waals surface area contributed by atoms with Gasteiger partial charge >= 0.3 is 5.69 Å². The zero-order valence-electron chi connectivity index (χ0n) is 12.9.